The van der Waals surface area contributed by atoms with Gasteiger partial charge < -0.3 is 26.4 Å². The van der Waals surface area contributed by atoms with Gasteiger partial charge in [0.1, 0.15) is 12.1 Å². The van der Waals surface area contributed by atoms with Crippen LogP contribution in [0.2, 0.25) is 0 Å². The van der Waals surface area contributed by atoms with Crippen molar-refractivity contribution in [2.75, 3.05) is 14.1 Å². The summed E-state index contributed by atoms with van der Waals surface area (Å²) < 4.78 is 35.0. The van der Waals surface area contributed by atoms with Crippen molar-refractivity contribution in [3.05, 3.63) is 60.2 Å². The highest BCUT2D eigenvalue weighted by molar-refractivity contribution is 5.98. The number of carbonyl (C=O) groups is 4. The van der Waals surface area contributed by atoms with Gasteiger partial charge in [-0.15, -0.1) is 0 Å². The topological polar surface area (TPSA) is 179 Å². The minimum absolute atomic E-state index is 0.0797. The highest BCUT2D eigenvalue weighted by Crippen LogP contribution is 2.37. The number of imide groups is 2. The molecule has 0 unspecified atom stereocenters. The van der Waals surface area contributed by atoms with E-state index in [4.69, 9.17) is 11.5 Å². The van der Waals surface area contributed by atoms with E-state index in [0.717, 1.165) is 9.80 Å². The average molecular weight is 747 g/mol. The smallest absolute Gasteiger partial charge is 0.327 e. The number of alkyl halides is 2. The summed E-state index contributed by atoms with van der Waals surface area (Å²) in [5.74, 6) is -8.26. The Balaban J connectivity index is 2.79. The Bertz CT molecular complexity index is 1480. The molecule has 296 valence electrons. The predicted molar refractivity (Wildman–Crippen MR) is 199 cm³/mol. The average Bonchev–Trinajstić information content (AvgIpc) is 3.09. The molecule has 2 rings (SSSR count). The number of pyridine rings is 2. The molecule has 0 radical (unpaired) electrons. The molecular weight excluding hydrogens is 686 g/mol. The fourth-order valence-corrected chi connectivity index (χ4v) is 5.84. The number of hydrogen-bond donors (Lipinski definition) is 3. The summed E-state index contributed by atoms with van der Waals surface area (Å²) in [5, 5.41) is 12.0. The van der Waals surface area contributed by atoms with Crippen molar-refractivity contribution in [2.24, 2.45) is 35.1 Å². The van der Waals surface area contributed by atoms with Crippen molar-refractivity contribution in [3.63, 3.8) is 0 Å². The monoisotopic (exact) mass is 746 g/mol. The lowest BCUT2D eigenvalue weighted by molar-refractivity contribution is -0.184. The Morgan fingerprint density at radius 1 is 0.698 bits per heavy atom. The van der Waals surface area contributed by atoms with Gasteiger partial charge in [0.25, 0.3) is 5.92 Å². The van der Waals surface area contributed by atoms with Gasteiger partial charge in [0.15, 0.2) is 0 Å². The number of aliphatic hydroxyl groups is 1. The van der Waals surface area contributed by atoms with Crippen molar-refractivity contribution in [3.8, 4) is 0 Å². The molecule has 0 bridgehead atoms. The summed E-state index contributed by atoms with van der Waals surface area (Å²) in [6.07, 6.45) is -0.398. The van der Waals surface area contributed by atoms with Gasteiger partial charge in [-0.3, -0.25) is 29.4 Å². The van der Waals surface area contributed by atoms with Crippen LogP contribution in [0.15, 0.2) is 48.8 Å². The fraction of sp³-hybridized carbons (Fsp3) is 0.632. The van der Waals surface area contributed by atoms with E-state index in [1.807, 2.05) is 0 Å². The van der Waals surface area contributed by atoms with Crippen LogP contribution < -0.4 is 11.5 Å². The van der Waals surface area contributed by atoms with E-state index in [2.05, 4.69) is 9.97 Å². The zero-order valence-corrected chi connectivity index (χ0v) is 32.8. The van der Waals surface area contributed by atoms with E-state index in [1.54, 1.807) is 91.8 Å². The third kappa shape index (κ3) is 12.0. The van der Waals surface area contributed by atoms with Crippen molar-refractivity contribution < 1.29 is 33.1 Å². The SMILES string of the molecule is CC(C)C[C@H](N(C(=O)[C@@H](N)C(C)C)C(=O)N(C)Cc1ccccn1)C(F)(F)[C@H](O)[C@H](CC(C)C)N(C(=O)[C@@H](N)C(C)C)C(=O)N(C)Cc1ccccn1. The molecule has 2 aromatic rings. The summed E-state index contributed by atoms with van der Waals surface area (Å²) >= 11 is 0. The van der Waals surface area contributed by atoms with Crippen LogP contribution in [0.25, 0.3) is 0 Å². The molecule has 15 heteroatoms. The molecule has 0 aliphatic carbocycles. The Morgan fingerprint density at radius 2 is 1.09 bits per heavy atom. The van der Waals surface area contributed by atoms with Crippen molar-refractivity contribution in [1.29, 1.82) is 0 Å². The molecule has 5 atom stereocenters. The minimum atomic E-state index is -4.28. The van der Waals surface area contributed by atoms with Gasteiger partial charge in [-0.2, -0.15) is 0 Å². The Morgan fingerprint density at radius 3 is 1.45 bits per heavy atom. The quantitative estimate of drug-likeness (QED) is 0.206. The first kappa shape index (κ1) is 45.1. The third-order valence-corrected chi connectivity index (χ3v) is 9.05. The van der Waals surface area contributed by atoms with Crippen LogP contribution >= 0.6 is 0 Å². The van der Waals surface area contributed by atoms with Crippen molar-refractivity contribution in [2.45, 2.75) is 118 Å². The Labute approximate surface area is 313 Å². The normalized spacial score (nSPS) is 14.8. The number of nitrogens with two attached hydrogens (primary N) is 2. The first-order chi connectivity index (χ1) is 24.6. The molecule has 6 amide bonds. The van der Waals surface area contributed by atoms with Gasteiger partial charge in [0.05, 0.1) is 42.6 Å². The number of carbonyl (C=O) groups excluding carboxylic acids is 4. The highest BCUT2D eigenvalue weighted by Gasteiger charge is 2.57. The molecule has 0 aliphatic rings. The number of halogens is 2. The van der Waals surface area contributed by atoms with E-state index in [1.165, 1.54) is 26.5 Å². The van der Waals surface area contributed by atoms with E-state index < -0.39 is 90.2 Å². The number of nitrogens with zero attached hydrogens (tertiary/aromatic N) is 6. The maximum Gasteiger partial charge on any atom is 0.327 e. The second-order valence-corrected chi connectivity index (χ2v) is 15.3. The fourth-order valence-electron chi connectivity index (χ4n) is 5.84. The van der Waals surface area contributed by atoms with Gasteiger partial charge in [0, 0.05) is 26.5 Å². The molecule has 2 aromatic heterocycles. The number of amides is 6. The van der Waals surface area contributed by atoms with Crippen molar-refractivity contribution >= 4 is 23.9 Å². The predicted octanol–water partition coefficient (Wildman–Crippen LogP) is 4.73. The van der Waals surface area contributed by atoms with Gasteiger partial charge in [-0.05, 0) is 60.8 Å². The molecule has 13 nitrogen and oxygen atoms in total. The molecule has 0 spiro atoms. The maximum absolute atomic E-state index is 17.5. The van der Waals surface area contributed by atoms with Gasteiger partial charge >= 0.3 is 12.1 Å². The molecule has 0 saturated heterocycles. The molecule has 0 fully saturated rings. The lowest BCUT2D eigenvalue weighted by Gasteiger charge is -2.45. The summed E-state index contributed by atoms with van der Waals surface area (Å²) in [6, 6.07) is 1.35. The van der Waals surface area contributed by atoms with E-state index in [9.17, 15) is 24.3 Å². The second kappa shape index (κ2) is 19.8. The van der Waals surface area contributed by atoms with E-state index in [0.29, 0.717) is 21.2 Å². The number of aromatic nitrogens is 2. The summed E-state index contributed by atoms with van der Waals surface area (Å²) in [5.41, 5.74) is 13.4. The van der Waals surface area contributed by atoms with E-state index >= 15 is 8.78 Å². The zero-order chi connectivity index (χ0) is 40.4. The van der Waals surface area contributed by atoms with Gasteiger partial charge in [0.2, 0.25) is 11.8 Å². The number of hydrogen-bond acceptors (Lipinski definition) is 9. The van der Waals surface area contributed by atoms with Gasteiger partial charge in [-0.25, -0.2) is 18.4 Å². The zero-order valence-electron chi connectivity index (χ0n) is 32.8. The summed E-state index contributed by atoms with van der Waals surface area (Å²) in [7, 11) is 2.74. The summed E-state index contributed by atoms with van der Waals surface area (Å²) in [4.78, 5) is 68.4. The van der Waals surface area contributed by atoms with Gasteiger partial charge in [-0.1, -0.05) is 67.5 Å². The number of rotatable bonds is 17. The number of aliphatic hydroxyl groups excluding tert-OH is 1. The second-order valence-electron chi connectivity index (χ2n) is 15.3. The molecule has 2 heterocycles. The van der Waals surface area contributed by atoms with Crippen LogP contribution in [-0.2, 0) is 22.7 Å². The number of urea groups is 2. The Hall–Kier alpha value is -4.08. The molecule has 0 saturated carbocycles. The largest absolute Gasteiger partial charge is 0.385 e. The van der Waals surface area contributed by atoms with Crippen LogP contribution in [0.1, 0.15) is 79.6 Å². The van der Waals surface area contributed by atoms with Crippen LogP contribution in [0, 0.1) is 23.7 Å². The molecular formula is C38H60F2N8O5. The van der Waals surface area contributed by atoms with E-state index in [-0.39, 0.29) is 19.5 Å². The third-order valence-electron chi connectivity index (χ3n) is 9.05. The minimum Gasteiger partial charge on any atom is -0.385 e. The van der Waals surface area contributed by atoms with Crippen LogP contribution in [-0.4, -0.2) is 109 Å². The summed E-state index contributed by atoms with van der Waals surface area (Å²) in [6.45, 7) is 13.0. The Kier molecular flexibility index (Phi) is 16.9. The lowest BCUT2D eigenvalue weighted by Crippen LogP contribution is -2.67. The van der Waals surface area contributed by atoms with Crippen LogP contribution in [0.4, 0.5) is 18.4 Å². The van der Waals surface area contributed by atoms with Crippen LogP contribution in [0.5, 0.6) is 0 Å². The lowest BCUT2D eigenvalue weighted by atomic mass is 9.86. The molecule has 53 heavy (non-hydrogen) atoms. The van der Waals surface area contributed by atoms with Crippen LogP contribution in [0.3, 0.4) is 0 Å². The highest BCUT2D eigenvalue weighted by atomic mass is 19.3. The first-order valence-electron chi connectivity index (χ1n) is 18.2. The standard InChI is InChI=1S/C38H60F2N8O5/c1-23(2)19-29(47(34(50)31(41)25(5)6)36(52)45(9)21-27-15-11-13-17-43-27)33(49)38(39,40)30(20-24(3)4)48(35(51)32(42)26(7)8)37(53)46(10)22-28-16-12-14-18-44-28/h11-18,23-26,29-33,49H,19-22,41-42H2,1-10H3/t29-,30-,31-,32-,33+/m0/s1. The molecule has 0 aliphatic heterocycles. The molecule has 5 N–H and O–H groups in total. The van der Waals surface area contributed by atoms with Crippen molar-refractivity contribution in [1.82, 2.24) is 29.6 Å². The molecule has 0 aromatic carbocycles. The first-order valence-corrected chi connectivity index (χ1v) is 18.2. The maximum atomic E-state index is 17.5.